The van der Waals surface area contributed by atoms with Crippen molar-refractivity contribution >= 4 is 11.7 Å². The minimum Gasteiger partial charge on any atom is -0.445 e. The summed E-state index contributed by atoms with van der Waals surface area (Å²) in [4.78, 5) is 30.9. The molecule has 2 N–H and O–H groups in total. The van der Waals surface area contributed by atoms with Gasteiger partial charge in [-0.1, -0.05) is 13.8 Å². The Labute approximate surface area is 135 Å². The summed E-state index contributed by atoms with van der Waals surface area (Å²) in [5.74, 6) is 0.921. The van der Waals surface area contributed by atoms with Crippen molar-refractivity contribution in [3.8, 4) is 0 Å². The molecule has 23 heavy (non-hydrogen) atoms. The third kappa shape index (κ3) is 2.56. The number of nitrogens with zero attached hydrogens (tertiary/aromatic N) is 2. The fraction of sp³-hybridized carbons (Fsp3) is 0.588. The summed E-state index contributed by atoms with van der Waals surface area (Å²) >= 11 is 0. The van der Waals surface area contributed by atoms with Crippen molar-refractivity contribution in [2.24, 2.45) is 16.6 Å². The van der Waals surface area contributed by atoms with Gasteiger partial charge in [-0.2, -0.15) is 0 Å². The Kier molecular flexibility index (Phi) is 3.39. The molecule has 1 atom stereocenters. The molecule has 124 valence electrons. The van der Waals surface area contributed by atoms with Crippen LogP contribution in [0.5, 0.6) is 0 Å². The van der Waals surface area contributed by atoms with E-state index in [1.54, 1.807) is 18.7 Å². The molecule has 1 fully saturated rings. The molecule has 6 heteroatoms. The first kappa shape index (κ1) is 15.8. The van der Waals surface area contributed by atoms with Gasteiger partial charge in [0.25, 0.3) is 5.91 Å². The Hall–Kier alpha value is -2.11. The Morgan fingerprint density at radius 3 is 2.65 bits per heavy atom. The number of ketones is 1. The van der Waals surface area contributed by atoms with Crippen LogP contribution in [-0.4, -0.2) is 34.7 Å². The molecule has 1 saturated heterocycles. The van der Waals surface area contributed by atoms with Crippen LogP contribution in [0.1, 0.15) is 48.8 Å². The number of likely N-dealkylation sites (tertiary alicyclic amines) is 1. The van der Waals surface area contributed by atoms with Crippen LogP contribution in [-0.2, 0) is 4.79 Å². The van der Waals surface area contributed by atoms with Crippen molar-refractivity contribution in [3.05, 3.63) is 29.1 Å². The third-order valence-corrected chi connectivity index (χ3v) is 4.91. The van der Waals surface area contributed by atoms with Gasteiger partial charge in [0, 0.05) is 30.8 Å². The second-order valence-corrected chi connectivity index (χ2v) is 7.47. The highest BCUT2D eigenvalue weighted by Crippen LogP contribution is 2.47. The Morgan fingerprint density at radius 1 is 1.39 bits per heavy atom. The lowest BCUT2D eigenvalue weighted by atomic mass is 9.65. The maximum Gasteiger partial charge on any atom is 0.276 e. The van der Waals surface area contributed by atoms with Gasteiger partial charge < -0.3 is 15.1 Å². The van der Waals surface area contributed by atoms with Crippen LogP contribution in [0.4, 0.5) is 0 Å². The summed E-state index contributed by atoms with van der Waals surface area (Å²) in [5.41, 5.74) is 5.94. The third-order valence-electron chi connectivity index (χ3n) is 4.91. The first-order valence-electron chi connectivity index (χ1n) is 7.90. The largest absolute Gasteiger partial charge is 0.445 e. The molecule has 0 bridgehead atoms. The molecule has 0 unspecified atom stereocenters. The summed E-state index contributed by atoms with van der Waals surface area (Å²) in [7, 11) is 0. The van der Waals surface area contributed by atoms with Crippen LogP contribution in [0.15, 0.2) is 16.2 Å². The quantitative estimate of drug-likeness (QED) is 0.855. The van der Waals surface area contributed by atoms with Crippen molar-refractivity contribution < 1.29 is 14.0 Å². The van der Waals surface area contributed by atoms with Gasteiger partial charge in [0.1, 0.15) is 5.76 Å². The summed E-state index contributed by atoms with van der Waals surface area (Å²) in [6.45, 7) is 8.53. The number of carbonyl (C=O) groups excluding carboxylic acids is 2. The van der Waals surface area contributed by atoms with Crippen LogP contribution in [0.25, 0.3) is 0 Å². The fourth-order valence-corrected chi connectivity index (χ4v) is 4.01. The zero-order valence-corrected chi connectivity index (χ0v) is 14.1. The van der Waals surface area contributed by atoms with E-state index in [-0.39, 0.29) is 17.1 Å². The van der Waals surface area contributed by atoms with E-state index >= 15 is 0 Å². The number of aryl methyl sites for hydroxylation is 2. The first-order chi connectivity index (χ1) is 10.6. The van der Waals surface area contributed by atoms with Crippen molar-refractivity contribution in [1.82, 2.24) is 9.88 Å². The molecular weight excluding hydrogens is 294 g/mol. The predicted octanol–water partition coefficient (Wildman–Crippen LogP) is 1.97. The Morgan fingerprint density at radius 2 is 2.09 bits per heavy atom. The molecule has 6 nitrogen and oxygen atoms in total. The van der Waals surface area contributed by atoms with Gasteiger partial charge in [0.15, 0.2) is 17.4 Å². The number of aromatic nitrogens is 1. The summed E-state index contributed by atoms with van der Waals surface area (Å²) in [6.07, 6.45) is 3.39. The van der Waals surface area contributed by atoms with E-state index < -0.39 is 5.41 Å². The van der Waals surface area contributed by atoms with Gasteiger partial charge in [-0.05, 0) is 25.8 Å². The first-order valence-corrected chi connectivity index (χ1v) is 7.90. The van der Waals surface area contributed by atoms with Gasteiger partial charge in [0.05, 0.1) is 5.70 Å². The van der Waals surface area contributed by atoms with Crippen LogP contribution in [0.3, 0.4) is 0 Å². The lowest BCUT2D eigenvalue weighted by molar-refractivity contribution is -0.125. The average molecular weight is 317 g/mol. The van der Waals surface area contributed by atoms with Crippen LogP contribution >= 0.6 is 0 Å². The summed E-state index contributed by atoms with van der Waals surface area (Å²) < 4.78 is 5.36. The van der Waals surface area contributed by atoms with E-state index in [1.807, 2.05) is 19.9 Å². The van der Waals surface area contributed by atoms with E-state index in [2.05, 4.69) is 4.98 Å². The van der Waals surface area contributed by atoms with Gasteiger partial charge in [0.2, 0.25) is 0 Å². The monoisotopic (exact) mass is 317 g/mol. The minimum atomic E-state index is -0.488. The lowest BCUT2D eigenvalue weighted by Gasteiger charge is -2.39. The highest BCUT2D eigenvalue weighted by Gasteiger charge is 2.48. The van der Waals surface area contributed by atoms with Crippen molar-refractivity contribution in [3.63, 3.8) is 0 Å². The number of allylic oxidation sites excluding steroid dienone is 1. The molecule has 3 rings (SSSR count). The second kappa shape index (κ2) is 4.94. The number of carbonyl (C=O) groups is 2. The van der Waals surface area contributed by atoms with Crippen LogP contribution in [0.2, 0.25) is 0 Å². The summed E-state index contributed by atoms with van der Waals surface area (Å²) in [5, 5.41) is 0. The Bertz CT molecular complexity index is 717. The molecule has 0 aromatic carbocycles. The molecule has 0 saturated carbocycles. The van der Waals surface area contributed by atoms with Crippen molar-refractivity contribution in [2.45, 2.75) is 40.5 Å². The minimum absolute atomic E-state index is 0.00382. The molecule has 2 heterocycles. The van der Waals surface area contributed by atoms with Crippen LogP contribution < -0.4 is 5.73 Å². The number of nitrogens with two attached hydrogens (primary N) is 1. The van der Waals surface area contributed by atoms with E-state index in [4.69, 9.17) is 10.2 Å². The maximum absolute atomic E-state index is 12.7. The highest BCUT2D eigenvalue weighted by molar-refractivity contribution is 6.00. The number of hydrogen-bond donors (Lipinski definition) is 1. The van der Waals surface area contributed by atoms with Crippen LogP contribution in [0, 0.1) is 24.7 Å². The molecule has 1 aliphatic heterocycles. The van der Waals surface area contributed by atoms with Gasteiger partial charge >= 0.3 is 0 Å². The van der Waals surface area contributed by atoms with Crippen molar-refractivity contribution in [1.29, 1.82) is 0 Å². The second-order valence-electron chi connectivity index (χ2n) is 7.47. The molecule has 1 aromatic heterocycles. The van der Waals surface area contributed by atoms with Crippen molar-refractivity contribution in [2.75, 3.05) is 13.1 Å². The number of oxazole rings is 1. The lowest BCUT2D eigenvalue weighted by Crippen LogP contribution is -2.42. The zero-order valence-electron chi connectivity index (χ0n) is 14.1. The molecule has 2 aliphatic rings. The SMILES string of the molecule is Cc1nc(C(=O)N2CC[C@]3(C=C(N)C(=O)C(C)(C)C3)C2)c(C)o1. The molecule has 0 radical (unpaired) electrons. The number of hydrogen-bond acceptors (Lipinski definition) is 5. The smallest absolute Gasteiger partial charge is 0.276 e. The van der Waals surface area contributed by atoms with Gasteiger partial charge in [-0.15, -0.1) is 0 Å². The molecule has 1 amide bonds. The highest BCUT2D eigenvalue weighted by atomic mass is 16.4. The van der Waals surface area contributed by atoms with E-state index in [0.29, 0.717) is 42.6 Å². The molecular formula is C17H23N3O3. The standard InChI is InChI=1S/C17H23N3O3/c1-10-13(19-11(2)23-10)15(22)20-6-5-17(9-20)7-12(18)14(21)16(3,4)8-17/h7H,5-6,8-9,18H2,1-4H3/t17-/m1/s1. The number of amides is 1. The van der Waals surface area contributed by atoms with E-state index in [0.717, 1.165) is 6.42 Å². The topological polar surface area (TPSA) is 89.4 Å². The normalized spacial score (nSPS) is 26.7. The Balaban J connectivity index is 1.85. The maximum atomic E-state index is 12.7. The predicted molar refractivity (Wildman–Crippen MR) is 84.6 cm³/mol. The average Bonchev–Trinajstić information content (AvgIpc) is 2.99. The van der Waals surface area contributed by atoms with Gasteiger partial charge in [-0.3, -0.25) is 9.59 Å². The molecule has 1 spiro atoms. The number of Topliss-reactive ketones (excluding diaryl/α,β-unsaturated/α-hetero) is 1. The molecule has 1 aromatic rings. The fourth-order valence-electron chi connectivity index (χ4n) is 4.01. The molecule has 1 aliphatic carbocycles. The summed E-state index contributed by atoms with van der Waals surface area (Å²) in [6, 6.07) is 0. The van der Waals surface area contributed by atoms with E-state index in [1.165, 1.54) is 0 Å². The number of rotatable bonds is 1. The van der Waals surface area contributed by atoms with E-state index in [9.17, 15) is 9.59 Å². The van der Waals surface area contributed by atoms with Gasteiger partial charge in [-0.25, -0.2) is 4.98 Å². The zero-order chi connectivity index (χ0) is 17.0.